The van der Waals surface area contributed by atoms with Crippen LogP contribution < -0.4 is 10.6 Å². The Hall–Kier alpha value is -3.12. The lowest BCUT2D eigenvalue weighted by molar-refractivity contribution is 0.0601. The first kappa shape index (κ1) is 19.2. The summed E-state index contributed by atoms with van der Waals surface area (Å²) in [5.74, 6) is 0.575. The van der Waals surface area contributed by atoms with Crippen molar-refractivity contribution in [1.82, 2.24) is 15.1 Å². The Kier molecular flexibility index (Phi) is 6.22. The molecule has 2 heterocycles. The molecular formula is C23H26N4O2. The highest BCUT2D eigenvalue weighted by Crippen LogP contribution is 2.22. The number of hydrogen-bond acceptors (Lipinski definition) is 3. The second-order valence-electron chi connectivity index (χ2n) is 7.36. The third kappa shape index (κ3) is 5.23. The maximum Gasteiger partial charge on any atom is 0.320 e. The van der Waals surface area contributed by atoms with Crippen molar-refractivity contribution in [2.45, 2.75) is 25.4 Å². The number of hydrogen-bond donors (Lipinski definition) is 2. The molecule has 0 unspecified atom stereocenters. The Labute approximate surface area is 170 Å². The van der Waals surface area contributed by atoms with Crippen LogP contribution in [-0.4, -0.2) is 29.0 Å². The average molecular weight is 390 g/mol. The number of benzene rings is 2. The molecule has 2 aromatic carbocycles. The number of urea groups is 1. The molecule has 1 aromatic heterocycles. The monoisotopic (exact) mass is 390 g/mol. The van der Waals surface area contributed by atoms with Gasteiger partial charge in [-0.2, -0.15) is 5.10 Å². The maximum absolute atomic E-state index is 12.7. The van der Waals surface area contributed by atoms with Gasteiger partial charge in [-0.05, 0) is 29.9 Å². The SMILES string of the molecule is O=C(Nc1cnn(CC2CCOCC2)c1)NC(c1ccccc1)c1ccccc1. The average Bonchev–Trinajstić information content (AvgIpc) is 3.20. The van der Waals surface area contributed by atoms with Gasteiger partial charge in [0, 0.05) is 26.0 Å². The highest BCUT2D eigenvalue weighted by molar-refractivity contribution is 5.89. The van der Waals surface area contributed by atoms with Crippen LogP contribution in [0.3, 0.4) is 0 Å². The van der Waals surface area contributed by atoms with Crippen LogP contribution in [0.4, 0.5) is 10.5 Å². The molecule has 4 rings (SSSR count). The van der Waals surface area contributed by atoms with Gasteiger partial charge < -0.3 is 15.4 Å². The lowest BCUT2D eigenvalue weighted by Crippen LogP contribution is -2.33. The molecule has 0 aliphatic carbocycles. The van der Waals surface area contributed by atoms with Crippen LogP contribution in [0.2, 0.25) is 0 Å². The summed E-state index contributed by atoms with van der Waals surface area (Å²) in [6.45, 7) is 2.49. The Morgan fingerprint density at radius 2 is 1.66 bits per heavy atom. The summed E-state index contributed by atoms with van der Waals surface area (Å²) >= 11 is 0. The Balaban J connectivity index is 1.41. The maximum atomic E-state index is 12.7. The van der Waals surface area contributed by atoms with Crippen molar-refractivity contribution in [3.63, 3.8) is 0 Å². The van der Waals surface area contributed by atoms with Crippen molar-refractivity contribution in [3.05, 3.63) is 84.2 Å². The lowest BCUT2D eigenvalue weighted by atomic mass is 9.99. The van der Waals surface area contributed by atoms with E-state index in [0.29, 0.717) is 11.6 Å². The van der Waals surface area contributed by atoms with Gasteiger partial charge >= 0.3 is 6.03 Å². The fourth-order valence-electron chi connectivity index (χ4n) is 3.67. The van der Waals surface area contributed by atoms with Crippen molar-refractivity contribution >= 4 is 11.7 Å². The molecule has 150 valence electrons. The third-order valence-electron chi connectivity index (χ3n) is 5.22. The summed E-state index contributed by atoms with van der Waals surface area (Å²) in [6.07, 6.45) is 5.69. The third-order valence-corrected chi connectivity index (χ3v) is 5.22. The minimum Gasteiger partial charge on any atom is -0.381 e. The molecule has 29 heavy (non-hydrogen) atoms. The largest absolute Gasteiger partial charge is 0.381 e. The van der Waals surface area contributed by atoms with Gasteiger partial charge in [0.15, 0.2) is 0 Å². The van der Waals surface area contributed by atoms with E-state index in [9.17, 15) is 4.79 Å². The number of anilines is 1. The molecular weight excluding hydrogens is 364 g/mol. The minimum absolute atomic E-state index is 0.227. The van der Waals surface area contributed by atoms with E-state index in [1.165, 1.54) is 0 Å². The molecule has 1 aliphatic heterocycles. The van der Waals surface area contributed by atoms with Crippen LogP contribution in [0.5, 0.6) is 0 Å². The van der Waals surface area contributed by atoms with Crippen molar-refractivity contribution in [1.29, 1.82) is 0 Å². The zero-order valence-corrected chi connectivity index (χ0v) is 16.3. The molecule has 2 N–H and O–H groups in total. The van der Waals surface area contributed by atoms with Gasteiger partial charge in [-0.25, -0.2) is 4.79 Å². The molecule has 0 radical (unpaired) electrons. The standard InChI is InChI=1S/C23H26N4O2/c28-23(25-21-15-24-27(17-21)16-18-11-13-29-14-12-18)26-22(19-7-3-1-4-8-19)20-9-5-2-6-10-20/h1-10,15,17-18,22H,11-14,16H2,(H2,25,26,28). The van der Waals surface area contributed by atoms with Crippen LogP contribution in [0, 0.1) is 5.92 Å². The molecule has 0 atom stereocenters. The van der Waals surface area contributed by atoms with E-state index in [1.807, 2.05) is 71.5 Å². The van der Waals surface area contributed by atoms with Crippen molar-refractivity contribution in [2.24, 2.45) is 5.92 Å². The molecule has 3 aromatic rings. The number of carbonyl (C=O) groups is 1. The first-order valence-corrected chi connectivity index (χ1v) is 10.1. The van der Waals surface area contributed by atoms with Gasteiger partial charge in [-0.15, -0.1) is 0 Å². The van der Waals surface area contributed by atoms with Gasteiger partial charge in [-0.3, -0.25) is 4.68 Å². The Morgan fingerprint density at radius 1 is 1.03 bits per heavy atom. The number of nitrogens with one attached hydrogen (secondary N) is 2. The second kappa shape index (κ2) is 9.39. The summed E-state index contributed by atoms with van der Waals surface area (Å²) in [4.78, 5) is 12.7. The highest BCUT2D eigenvalue weighted by Gasteiger charge is 2.18. The first-order valence-electron chi connectivity index (χ1n) is 10.1. The van der Waals surface area contributed by atoms with E-state index >= 15 is 0 Å². The number of amides is 2. The molecule has 6 heteroatoms. The first-order chi connectivity index (χ1) is 14.3. The van der Waals surface area contributed by atoms with E-state index in [1.54, 1.807) is 6.20 Å². The van der Waals surface area contributed by atoms with Crippen molar-refractivity contribution in [3.8, 4) is 0 Å². The highest BCUT2D eigenvalue weighted by atomic mass is 16.5. The Bertz CT molecular complexity index is 865. The molecule has 0 bridgehead atoms. The van der Waals surface area contributed by atoms with Crippen LogP contribution in [0.15, 0.2) is 73.1 Å². The van der Waals surface area contributed by atoms with Gasteiger partial charge in [0.1, 0.15) is 0 Å². The lowest BCUT2D eigenvalue weighted by Gasteiger charge is -2.21. The van der Waals surface area contributed by atoms with Crippen LogP contribution in [0.1, 0.15) is 30.0 Å². The molecule has 1 aliphatic rings. The van der Waals surface area contributed by atoms with Crippen LogP contribution >= 0.6 is 0 Å². The summed E-state index contributed by atoms with van der Waals surface area (Å²) in [5.41, 5.74) is 2.75. The van der Waals surface area contributed by atoms with E-state index in [-0.39, 0.29) is 12.1 Å². The number of nitrogens with zero attached hydrogens (tertiary/aromatic N) is 2. The van der Waals surface area contributed by atoms with E-state index in [0.717, 1.165) is 43.7 Å². The zero-order valence-electron chi connectivity index (χ0n) is 16.3. The molecule has 2 amide bonds. The summed E-state index contributed by atoms with van der Waals surface area (Å²) in [6, 6.07) is 19.4. The fraction of sp³-hybridized carbons (Fsp3) is 0.304. The van der Waals surface area contributed by atoms with Gasteiger partial charge in [0.25, 0.3) is 0 Å². The number of ether oxygens (including phenoxy) is 1. The number of aromatic nitrogens is 2. The van der Waals surface area contributed by atoms with Crippen LogP contribution in [0.25, 0.3) is 0 Å². The molecule has 1 fully saturated rings. The Morgan fingerprint density at radius 3 is 2.28 bits per heavy atom. The van der Waals surface area contributed by atoms with Crippen molar-refractivity contribution in [2.75, 3.05) is 18.5 Å². The van der Waals surface area contributed by atoms with Gasteiger partial charge in [0.2, 0.25) is 0 Å². The topological polar surface area (TPSA) is 68.2 Å². The zero-order chi connectivity index (χ0) is 19.9. The van der Waals surface area contributed by atoms with Gasteiger partial charge in [0.05, 0.1) is 17.9 Å². The summed E-state index contributed by atoms with van der Waals surface area (Å²) in [5, 5.41) is 10.4. The predicted octanol–water partition coefficient (Wildman–Crippen LogP) is 4.22. The number of rotatable bonds is 6. The smallest absolute Gasteiger partial charge is 0.320 e. The fourth-order valence-corrected chi connectivity index (χ4v) is 3.67. The van der Waals surface area contributed by atoms with Gasteiger partial charge in [-0.1, -0.05) is 60.7 Å². The molecule has 1 saturated heterocycles. The quantitative estimate of drug-likeness (QED) is 0.662. The van der Waals surface area contributed by atoms with E-state index in [2.05, 4.69) is 15.7 Å². The minimum atomic E-state index is -0.256. The summed E-state index contributed by atoms with van der Waals surface area (Å²) in [7, 11) is 0. The van der Waals surface area contributed by atoms with E-state index in [4.69, 9.17) is 4.74 Å². The normalized spacial score (nSPS) is 14.7. The molecule has 0 saturated carbocycles. The van der Waals surface area contributed by atoms with Crippen LogP contribution in [-0.2, 0) is 11.3 Å². The van der Waals surface area contributed by atoms with Crippen molar-refractivity contribution < 1.29 is 9.53 Å². The summed E-state index contributed by atoms with van der Waals surface area (Å²) < 4.78 is 7.31. The molecule has 0 spiro atoms. The molecule has 6 nitrogen and oxygen atoms in total. The predicted molar refractivity (Wildman–Crippen MR) is 113 cm³/mol. The van der Waals surface area contributed by atoms with E-state index < -0.39 is 0 Å². The second-order valence-corrected chi connectivity index (χ2v) is 7.36. The number of carbonyl (C=O) groups excluding carboxylic acids is 1.